The molecule has 1 aliphatic rings. The van der Waals surface area contributed by atoms with Crippen molar-refractivity contribution in [3.8, 4) is 0 Å². The molecule has 0 aliphatic carbocycles. The summed E-state index contributed by atoms with van der Waals surface area (Å²) in [5.41, 5.74) is -1.43. The van der Waals surface area contributed by atoms with E-state index >= 15 is 0 Å². The number of aromatic nitrogens is 1. The van der Waals surface area contributed by atoms with Crippen LogP contribution in [0.3, 0.4) is 0 Å². The highest BCUT2D eigenvalue weighted by Crippen LogP contribution is 2.38. The monoisotopic (exact) mass is 453 g/mol. The molecule has 1 fully saturated rings. The van der Waals surface area contributed by atoms with Crippen molar-refractivity contribution >= 4 is 27.8 Å². The fraction of sp³-hybridized carbons (Fsp3) is 0.647. The fourth-order valence-corrected chi connectivity index (χ4v) is 3.38. The molecule has 1 amide bonds. The van der Waals surface area contributed by atoms with Gasteiger partial charge in [0.2, 0.25) is 0 Å². The summed E-state index contributed by atoms with van der Waals surface area (Å²) in [6.07, 6.45) is -4.19. The number of amides is 1. The molecule has 152 valence electrons. The van der Waals surface area contributed by atoms with Crippen molar-refractivity contribution in [2.24, 2.45) is 0 Å². The summed E-state index contributed by atoms with van der Waals surface area (Å²) in [5.74, 6) is 0.309. The molecule has 0 unspecified atom stereocenters. The Morgan fingerprint density at radius 2 is 2.00 bits per heavy atom. The summed E-state index contributed by atoms with van der Waals surface area (Å²) < 4.78 is 44.7. The maximum Gasteiger partial charge on any atom is 0.418 e. The van der Waals surface area contributed by atoms with Gasteiger partial charge in [0.1, 0.15) is 11.4 Å². The van der Waals surface area contributed by atoms with Gasteiger partial charge < -0.3 is 19.6 Å². The number of piperazine rings is 1. The van der Waals surface area contributed by atoms with E-state index < -0.39 is 29.5 Å². The van der Waals surface area contributed by atoms with Crippen molar-refractivity contribution in [2.75, 3.05) is 31.1 Å². The van der Waals surface area contributed by atoms with Gasteiger partial charge in [-0.15, -0.1) is 0 Å². The first-order valence-electron chi connectivity index (χ1n) is 8.43. The van der Waals surface area contributed by atoms with Gasteiger partial charge in [-0.25, -0.2) is 9.78 Å². The predicted molar refractivity (Wildman–Crippen MR) is 97.7 cm³/mol. The number of carbonyl (C=O) groups excluding carboxylic acids is 1. The molecule has 10 heteroatoms. The molecule has 1 aromatic rings. The summed E-state index contributed by atoms with van der Waals surface area (Å²) in [6, 6.07) is -0.508. The molecule has 6 nitrogen and oxygen atoms in total. The SMILES string of the molecule is Cc1c(C(F)(F)F)cnc(N2CCN(C(=O)OC(C)(C)C)C[C@@H]2CO)c1Br. The molecule has 0 saturated carbocycles. The van der Waals surface area contributed by atoms with Crippen LogP contribution in [-0.2, 0) is 10.9 Å². The molecule has 2 heterocycles. The van der Waals surface area contributed by atoms with Crippen molar-refractivity contribution in [1.29, 1.82) is 0 Å². The maximum absolute atomic E-state index is 13.0. The van der Waals surface area contributed by atoms with E-state index in [0.29, 0.717) is 18.9 Å². The van der Waals surface area contributed by atoms with Gasteiger partial charge in [0.25, 0.3) is 0 Å². The highest BCUT2D eigenvalue weighted by atomic mass is 79.9. The van der Waals surface area contributed by atoms with Gasteiger partial charge in [-0.1, -0.05) is 0 Å². The highest BCUT2D eigenvalue weighted by Gasteiger charge is 2.37. The molecule has 2 rings (SSSR count). The second-order valence-electron chi connectivity index (χ2n) is 7.39. The first-order valence-corrected chi connectivity index (χ1v) is 9.22. The standard InChI is InChI=1S/C17H23BrF3N3O3/c1-10-12(17(19,20)21)7-22-14(13(10)18)24-6-5-23(8-11(24)9-25)15(26)27-16(2,3)4/h7,11,25H,5-6,8-9H2,1-4H3/t11-/m1/s1. The number of hydrogen-bond acceptors (Lipinski definition) is 5. The zero-order valence-electron chi connectivity index (χ0n) is 15.6. The average molecular weight is 454 g/mol. The largest absolute Gasteiger partial charge is 0.444 e. The average Bonchev–Trinajstić information content (AvgIpc) is 2.54. The Bertz CT molecular complexity index is 707. The van der Waals surface area contributed by atoms with Gasteiger partial charge in [0.15, 0.2) is 0 Å². The molecule has 0 aromatic carbocycles. The second kappa shape index (κ2) is 7.83. The minimum atomic E-state index is -4.50. The molecular formula is C17H23BrF3N3O3. The van der Waals surface area contributed by atoms with Crippen molar-refractivity contribution < 1.29 is 27.8 Å². The van der Waals surface area contributed by atoms with Crippen LogP contribution in [0.25, 0.3) is 0 Å². The minimum absolute atomic E-state index is 0.0266. The van der Waals surface area contributed by atoms with Crippen LogP contribution in [0.4, 0.5) is 23.8 Å². The number of pyridine rings is 1. The summed E-state index contributed by atoms with van der Waals surface area (Å²) in [5, 5.41) is 9.76. The number of aliphatic hydroxyl groups is 1. The van der Waals surface area contributed by atoms with E-state index in [1.807, 2.05) is 0 Å². The van der Waals surface area contributed by atoms with Crippen LogP contribution in [0, 0.1) is 6.92 Å². The molecule has 27 heavy (non-hydrogen) atoms. The molecular weight excluding hydrogens is 431 g/mol. The van der Waals surface area contributed by atoms with Crippen LogP contribution < -0.4 is 4.90 Å². The Morgan fingerprint density at radius 3 is 2.52 bits per heavy atom. The summed E-state index contributed by atoms with van der Waals surface area (Å²) in [7, 11) is 0. The first-order chi connectivity index (χ1) is 12.3. The number of hydrogen-bond donors (Lipinski definition) is 1. The van der Waals surface area contributed by atoms with Gasteiger partial charge >= 0.3 is 12.3 Å². The number of aliphatic hydroxyl groups excluding tert-OH is 1. The fourth-order valence-electron chi connectivity index (χ4n) is 2.83. The van der Waals surface area contributed by atoms with Crippen molar-refractivity contribution in [2.45, 2.75) is 45.5 Å². The van der Waals surface area contributed by atoms with Gasteiger partial charge in [-0.05, 0) is 49.2 Å². The van der Waals surface area contributed by atoms with Crippen LogP contribution in [0.2, 0.25) is 0 Å². The summed E-state index contributed by atoms with van der Waals surface area (Å²) >= 11 is 3.21. The van der Waals surface area contributed by atoms with Crippen molar-refractivity contribution in [1.82, 2.24) is 9.88 Å². The maximum atomic E-state index is 13.0. The van der Waals surface area contributed by atoms with Crippen LogP contribution >= 0.6 is 15.9 Å². The molecule has 1 aromatic heterocycles. The molecule has 1 aliphatic heterocycles. The Hall–Kier alpha value is -1.55. The molecule has 0 radical (unpaired) electrons. The van der Waals surface area contributed by atoms with Gasteiger partial charge in [0, 0.05) is 25.8 Å². The smallest absolute Gasteiger partial charge is 0.418 e. The zero-order chi connectivity index (χ0) is 20.6. The van der Waals surface area contributed by atoms with Crippen molar-refractivity contribution in [3.05, 3.63) is 21.8 Å². The van der Waals surface area contributed by atoms with E-state index in [-0.39, 0.29) is 23.2 Å². The van der Waals surface area contributed by atoms with E-state index in [0.717, 1.165) is 6.20 Å². The van der Waals surface area contributed by atoms with Gasteiger partial charge in [-0.2, -0.15) is 13.2 Å². The van der Waals surface area contributed by atoms with E-state index in [4.69, 9.17) is 4.74 Å². The van der Waals surface area contributed by atoms with Crippen LogP contribution in [0.5, 0.6) is 0 Å². The second-order valence-corrected chi connectivity index (χ2v) is 8.18. The number of ether oxygens (including phenoxy) is 1. The Morgan fingerprint density at radius 1 is 1.37 bits per heavy atom. The lowest BCUT2D eigenvalue weighted by molar-refractivity contribution is -0.138. The van der Waals surface area contributed by atoms with E-state index in [9.17, 15) is 23.1 Å². The van der Waals surface area contributed by atoms with E-state index in [1.165, 1.54) is 11.8 Å². The Labute approximate surface area is 164 Å². The van der Waals surface area contributed by atoms with Crippen LogP contribution in [-0.4, -0.2) is 59.0 Å². The Balaban J connectivity index is 2.24. The molecule has 1 N–H and O–H groups in total. The summed E-state index contributed by atoms with van der Waals surface area (Å²) in [4.78, 5) is 19.4. The lowest BCUT2D eigenvalue weighted by Crippen LogP contribution is -2.57. The topological polar surface area (TPSA) is 65.9 Å². The third-order valence-corrected chi connectivity index (χ3v) is 5.12. The molecule has 0 spiro atoms. The van der Waals surface area contributed by atoms with Crippen molar-refractivity contribution in [3.63, 3.8) is 0 Å². The number of nitrogens with zero attached hydrogens (tertiary/aromatic N) is 3. The third kappa shape index (κ3) is 5.04. The third-order valence-electron chi connectivity index (χ3n) is 4.17. The van der Waals surface area contributed by atoms with Crippen LogP contribution in [0.15, 0.2) is 10.7 Å². The van der Waals surface area contributed by atoms with Crippen LogP contribution in [0.1, 0.15) is 31.9 Å². The first kappa shape index (κ1) is 21.7. The van der Waals surface area contributed by atoms with E-state index in [2.05, 4.69) is 20.9 Å². The van der Waals surface area contributed by atoms with Gasteiger partial charge in [0.05, 0.1) is 22.7 Å². The number of carbonyl (C=O) groups is 1. The Kier molecular flexibility index (Phi) is 6.30. The number of alkyl halides is 3. The normalized spacial score (nSPS) is 18.6. The zero-order valence-corrected chi connectivity index (χ0v) is 17.2. The minimum Gasteiger partial charge on any atom is -0.444 e. The van der Waals surface area contributed by atoms with E-state index in [1.54, 1.807) is 25.7 Å². The molecule has 1 saturated heterocycles. The lowest BCUT2D eigenvalue weighted by Gasteiger charge is -2.42. The number of halogens is 4. The number of rotatable bonds is 2. The molecule has 0 bridgehead atoms. The number of anilines is 1. The quantitative estimate of drug-likeness (QED) is 0.740. The van der Waals surface area contributed by atoms with Gasteiger partial charge in [-0.3, -0.25) is 0 Å². The summed E-state index contributed by atoms with van der Waals surface area (Å²) in [6.45, 7) is 7.15. The highest BCUT2D eigenvalue weighted by molar-refractivity contribution is 9.10. The lowest BCUT2D eigenvalue weighted by atomic mass is 10.1. The molecule has 1 atom stereocenters. The predicted octanol–water partition coefficient (Wildman–Crippen LogP) is 3.59.